The molecular formula is C18H37KO5S. The number of ether oxygens (including phenoxy) is 1. The zero-order valence-electron chi connectivity index (χ0n) is 16.5. The van der Waals surface area contributed by atoms with E-state index in [-0.39, 0.29) is 58.0 Å². The van der Waals surface area contributed by atoms with Crippen LogP contribution < -0.4 is 51.4 Å². The zero-order valence-corrected chi connectivity index (χ0v) is 20.4. The summed E-state index contributed by atoms with van der Waals surface area (Å²) in [5.41, 5.74) is 0. The van der Waals surface area contributed by atoms with E-state index in [2.05, 4.69) is 11.1 Å². The van der Waals surface area contributed by atoms with Crippen molar-refractivity contribution in [3.8, 4) is 0 Å². The topological polar surface area (TPSA) is 75.7 Å². The Balaban J connectivity index is 0. The minimum absolute atomic E-state index is 0. The Bertz CT molecular complexity index is 349. The molecule has 0 amide bonds. The van der Waals surface area contributed by atoms with E-state index in [0.29, 0.717) is 19.4 Å². The maximum Gasteiger partial charge on any atom is 1.00 e. The van der Waals surface area contributed by atoms with Gasteiger partial charge in [0.05, 0.1) is 6.61 Å². The van der Waals surface area contributed by atoms with Gasteiger partial charge in [-0.05, 0) is 19.3 Å². The van der Waals surface area contributed by atoms with Crippen LogP contribution in [0, 0.1) is 0 Å². The fraction of sp³-hybridized carbons (Fsp3) is 1.00. The van der Waals surface area contributed by atoms with Crippen LogP contribution in [0.4, 0.5) is 0 Å². The molecule has 0 fully saturated rings. The molecule has 0 atom stereocenters. The summed E-state index contributed by atoms with van der Waals surface area (Å²) in [6.07, 6.45) is 17.2. The van der Waals surface area contributed by atoms with Gasteiger partial charge in [-0.25, -0.2) is 8.42 Å². The molecule has 0 aromatic carbocycles. The van der Waals surface area contributed by atoms with Crippen LogP contribution >= 0.6 is 0 Å². The van der Waals surface area contributed by atoms with Crippen molar-refractivity contribution in [3.05, 3.63) is 0 Å². The molecule has 0 aliphatic carbocycles. The summed E-state index contributed by atoms with van der Waals surface area (Å²) in [6.45, 7) is 3.57. The molecule has 5 nitrogen and oxygen atoms in total. The Kier molecular flexibility index (Phi) is 25.0. The molecule has 25 heavy (non-hydrogen) atoms. The summed E-state index contributed by atoms with van der Waals surface area (Å²) in [7, 11) is -4.54. The van der Waals surface area contributed by atoms with E-state index in [4.69, 9.17) is 4.74 Å². The fourth-order valence-corrected chi connectivity index (χ4v) is 2.94. The van der Waals surface area contributed by atoms with Gasteiger partial charge in [-0.3, -0.25) is 4.18 Å². The van der Waals surface area contributed by atoms with Crippen molar-refractivity contribution in [1.29, 1.82) is 0 Å². The molecule has 0 unspecified atom stereocenters. The van der Waals surface area contributed by atoms with Gasteiger partial charge in [-0.2, -0.15) is 0 Å². The summed E-state index contributed by atoms with van der Waals surface area (Å²) in [6, 6.07) is 0. The van der Waals surface area contributed by atoms with Gasteiger partial charge in [0.25, 0.3) is 0 Å². The third-order valence-corrected chi connectivity index (χ3v) is 4.51. The van der Waals surface area contributed by atoms with Crippen molar-refractivity contribution in [3.63, 3.8) is 0 Å². The molecule has 0 heterocycles. The molecule has 0 aliphatic heterocycles. The van der Waals surface area contributed by atoms with Crippen molar-refractivity contribution >= 4 is 10.4 Å². The molecule has 7 heteroatoms. The number of hydrogen-bond acceptors (Lipinski definition) is 5. The molecule has 0 bridgehead atoms. The number of unbranched alkanes of at least 4 members (excludes halogenated alkanes) is 12. The van der Waals surface area contributed by atoms with Gasteiger partial charge in [-0.1, -0.05) is 77.6 Å². The van der Waals surface area contributed by atoms with Crippen LogP contribution in [0.3, 0.4) is 0 Å². The van der Waals surface area contributed by atoms with Gasteiger partial charge in [0.2, 0.25) is 10.4 Å². The summed E-state index contributed by atoms with van der Waals surface area (Å²) in [5, 5.41) is 0. The summed E-state index contributed by atoms with van der Waals surface area (Å²) in [5.74, 6) is 0. The Morgan fingerprint density at radius 3 is 1.44 bits per heavy atom. The van der Waals surface area contributed by atoms with Gasteiger partial charge in [0.1, 0.15) is 0 Å². The first-order valence-electron chi connectivity index (χ1n) is 9.74. The van der Waals surface area contributed by atoms with Gasteiger partial charge in [0, 0.05) is 13.2 Å². The average Bonchev–Trinajstić information content (AvgIpc) is 2.52. The summed E-state index contributed by atoms with van der Waals surface area (Å²) in [4.78, 5) is 0. The second-order valence-corrected chi connectivity index (χ2v) is 7.49. The molecule has 0 rings (SSSR count). The molecular weight excluding hydrogens is 367 g/mol. The van der Waals surface area contributed by atoms with Crippen molar-refractivity contribution < 1.29 is 73.3 Å². The van der Waals surface area contributed by atoms with E-state index in [0.717, 1.165) is 13.0 Å². The van der Waals surface area contributed by atoms with E-state index < -0.39 is 10.4 Å². The second-order valence-electron chi connectivity index (χ2n) is 6.44. The molecule has 0 aromatic rings. The molecule has 0 aromatic heterocycles. The monoisotopic (exact) mass is 404 g/mol. The van der Waals surface area contributed by atoms with Gasteiger partial charge < -0.3 is 9.29 Å². The van der Waals surface area contributed by atoms with Gasteiger partial charge in [0.15, 0.2) is 0 Å². The second kappa shape index (κ2) is 21.8. The van der Waals surface area contributed by atoms with Crippen LogP contribution in [0.1, 0.15) is 96.8 Å². The predicted molar refractivity (Wildman–Crippen MR) is 96.8 cm³/mol. The molecule has 0 aliphatic rings. The number of rotatable bonds is 19. The van der Waals surface area contributed by atoms with E-state index in [1.54, 1.807) is 0 Å². The predicted octanol–water partition coefficient (Wildman–Crippen LogP) is 1.97. The minimum atomic E-state index is -4.54. The molecule has 0 N–H and O–H groups in total. The normalized spacial score (nSPS) is 11.4. The van der Waals surface area contributed by atoms with Crippen molar-refractivity contribution in [2.24, 2.45) is 0 Å². The van der Waals surface area contributed by atoms with Crippen LogP contribution in [0.15, 0.2) is 0 Å². The Labute approximate surface area is 198 Å². The van der Waals surface area contributed by atoms with E-state index in [9.17, 15) is 13.0 Å². The van der Waals surface area contributed by atoms with Crippen LogP contribution in [0.2, 0.25) is 0 Å². The first-order valence-corrected chi connectivity index (χ1v) is 11.1. The van der Waals surface area contributed by atoms with Crippen LogP contribution in [0.5, 0.6) is 0 Å². The Morgan fingerprint density at radius 2 is 1.00 bits per heavy atom. The van der Waals surface area contributed by atoms with Crippen molar-refractivity contribution in [2.45, 2.75) is 96.8 Å². The van der Waals surface area contributed by atoms with Crippen molar-refractivity contribution in [2.75, 3.05) is 19.8 Å². The minimum Gasteiger partial charge on any atom is -0.726 e. The average molecular weight is 405 g/mol. The Hall–Kier alpha value is 1.47. The maximum absolute atomic E-state index is 10.2. The van der Waals surface area contributed by atoms with E-state index in [1.807, 2.05) is 0 Å². The standard InChI is InChI=1S/C18H38O5S.K/c1-2-3-4-5-6-7-8-9-10-11-12-13-16-22-17-14-15-18-23-24(19,20)21;/h2-18H2,1H3,(H,19,20,21);/q;+1/p-1. The SMILES string of the molecule is CCCCCCCCCCCCCCOCCCCOS(=O)(=O)[O-].[K+]. The van der Waals surface area contributed by atoms with Crippen LogP contribution in [0.25, 0.3) is 0 Å². The maximum atomic E-state index is 10.2. The largest absolute Gasteiger partial charge is 1.00 e. The van der Waals surface area contributed by atoms with E-state index in [1.165, 1.54) is 70.6 Å². The van der Waals surface area contributed by atoms with Crippen LogP contribution in [-0.4, -0.2) is 32.8 Å². The quantitative estimate of drug-likeness (QED) is 0.142. The smallest absolute Gasteiger partial charge is 0.726 e. The summed E-state index contributed by atoms with van der Waals surface area (Å²) < 4.78 is 40.2. The fourth-order valence-electron chi connectivity index (χ4n) is 2.61. The third kappa shape index (κ3) is 27.8. The van der Waals surface area contributed by atoms with Gasteiger partial charge >= 0.3 is 51.4 Å². The van der Waals surface area contributed by atoms with Gasteiger partial charge in [-0.15, -0.1) is 0 Å². The molecule has 0 saturated carbocycles. The van der Waals surface area contributed by atoms with E-state index >= 15 is 0 Å². The third-order valence-electron chi connectivity index (χ3n) is 4.05. The number of hydrogen-bond donors (Lipinski definition) is 0. The molecule has 146 valence electrons. The first-order chi connectivity index (χ1) is 11.6. The molecule has 0 saturated heterocycles. The summed E-state index contributed by atoms with van der Waals surface area (Å²) >= 11 is 0. The zero-order chi connectivity index (χ0) is 17.9. The first kappa shape index (κ1) is 28.7. The molecule has 0 radical (unpaired) electrons. The van der Waals surface area contributed by atoms with Crippen molar-refractivity contribution in [1.82, 2.24) is 0 Å². The Morgan fingerprint density at radius 1 is 0.640 bits per heavy atom. The van der Waals surface area contributed by atoms with Crippen LogP contribution in [-0.2, 0) is 19.3 Å². The molecule has 0 spiro atoms.